The molecule has 12 N–H and O–H groups in total. The van der Waals surface area contributed by atoms with Gasteiger partial charge in [0.25, 0.3) is 5.79 Å². The number of carbonyl (C=O) groups excluding carboxylic acids is 1. The zero-order valence-electron chi connectivity index (χ0n) is 26.7. The summed E-state index contributed by atoms with van der Waals surface area (Å²) in [6.07, 6.45) is -12.2. The number of carbonyl (C=O) groups is 2. The summed E-state index contributed by atoms with van der Waals surface area (Å²) < 4.78 is 29.6. The van der Waals surface area contributed by atoms with Crippen molar-refractivity contribution in [2.75, 3.05) is 18.9 Å². The Morgan fingerprint density at radius 1 is 1.16 bits per heavy atom. The molecule has 0 spiro atoms. The lowest BCUT2D eigenvalue weighted by atomic mass is 9.88. The van der Waals surface area contributed by atoms with E-state index in [0.717, 1.165) is 4.57 Å². The van der Waals surface area contributed by atoms with Crippen molar-refractivity contribution in [1.29, 1.82) is 0 Å². The van der Waals surface area contributed by atoms with Gasteiger partial charge in [0.2, 0.25) is 5.91 Å². The fourth-order valence-corrected chi connectivity index (χ4v) is 6.99. The Bertz CT molecular complexity index is 1580. The molecule has 1 aliphatic carbocycles. The highest BCUT2D eigenvalue weighted by Crippen LogP contribution is 2.52. The smallest absolute Gasteiger partial charge is 0.475 e. The van der Waals surface area contributed by atoms with Gasteiger partial charge in [-0.2, -0.15) is 4.98 Å². The van der Waals surface area contributed by atoms with Crippen LogP contribution < -0.4 is 22.1 Å². The molecule has 21 heteroatoms. The lowest BCUT2D eigenvalue weighted by molar-refractivity contribution is -0.290. The molecule has 4 rings (SSSR count). The number of anilines is 1. The lowest BCUT2D eigenvalue weighted by Gasteiger charge is -2.47. The van der Waals surface area contributed by atoms with Crippen LogP contribution in [-0.2, 0) is 34.4 Å². The van der Waals surface area contributed by atoms with Crippen LogP contribution in [0.5, 0.6) is 0 Å². The average Bonchev–Trinajstić information content (AvgIpc) is 3.32. The van der Waals surface area contributed by atoms with Crippen LogP contribution in [0.3, 0.4) is 0 Å². The number of nitrogen functional groups attached to an aromatic ring is 1. The first-order chi connectivity index (χ1) is 23.4. The molecule has 12 atom stereocenters. The minimum atomic E-state index is -5.48. The van der Waals surface area contributed by atoms with Crippen LogP contribution in [0.2, 0.25) is 0 Å². The van der Waals surface area contributed by atoms with Gasteiger partial charge >= 0.3 is 19.5 Å². The van der Waals surface area contributed by atoms with E-state index in [-0.39, 0.29) is 18.7 Å². The summed E-state index contributed by atoms with van der Waals surface area (Å²) >= 11 is 0. The molecular formula is C29H42N5O15P. The molecule has 1 aliphatic heterocycles. The van der Waals surface area contributed by atoms with Crippen molar-refractivity contribution in [3.8, 4) is 0 Å². The molecule has 1 saturated heterocycles. The number of carboxylic acids is 1. The van der Waals surface area contributed by atoms with Gasteiger partial charge in [-0.1, -0.05) is 30.3 Å². The van der Waals surface area contributed by atoms with Gasteiger partial charge in [-0.25, -0.2) is 18.7 Å². The molecule has 2 aliphatic rings. The maximum absolute atomic E-state index is 13.1. The van der Waals surface area contributed by atoms with Crippen molar-refractivity contribution in [1.82, 2.24) is 20.2 Å². The Hall–Kier alpha value is -3.37. The van der Waals surface area contributed by atoms with Crippen molar-refractivity contribution >= 4 is 25.5 Å². The number of nitrogens with one attached hydrogen (secondary N) is 2. The first-order valence-corrected chi connectivity index (χ1v) is 17.0. The highest BCUT2D eigenvalue weighted by atomic mass is 31.2. The second-order valence-electron chi connectivity index (χ2n) is 12.2. The topological polar surface area (TPSA) is 326 Å². The molecule has 1 aromatic carbocycles. The molecule has 278 valence electrons. The van der Waals surface area contributed by atoms with Gasteiger partial charge in [-0.3, -0.25) is 19.2 Å². The Labute approximate surface area is 284 Å². The van der Waals surface area contributed by atoms with Crippen LogP contribution >= 0.6 is 7.82 Å². The third-order valence-electron chi connectivity index (χ3n) is 8.47. The molecule has 2 heterocycles. The van der Waals surface area contributed by atoms with Crippen molar-refractivity contribution in [3.63, 3.8) is 0 Å². The number of aliphatic carboxylic acids is 1. The largest absolute Gasteiger partial charge is 0.477 e. The third-order valence-corrected chi connectivity index (χ3v) is 9.47. The maximum Gasteiger partial charge on any atom is 0.475 e. The zero-order chi connectivity index (χ0) is 37.0. The van der Waals surface area contributed by atoms with Gasteiger partial charge in [0.1, 0.15) is 30.4 Å². The van der Waals surface area contributed by atoms with Crippen LogP contribution in [-0.4, -0.2) is 130 Å². The number of aromatic nitrogens is 2. The minimum Gasteiger partial charge on any atom is -0.477 e. The van der Waals surface area contributed by atoms with E-state index in [1.165, 1.54) is 19.2 Å². The molecule has 1 aromatic heterocycles. The minimum absolute atomic E-state index is 0.0646. The van der Waals surface area contributed by atoms with E-state index in [1.807, 2.05) is 0 Å². The fraction of sp³-hybridized carbons (Fsp3) is 0.586. The highest BCUT2D eigenvalue weighted by Gasteiger charge is 2.58. The first kappa shape index (κ1) is 39.4. The summed E-state index contributed by atoms with van der Waals surface area (Å²) in [5.41, 5.74) is 5.33. The van der Waals surface area contributed by atoms with E-state index in [2.05, 4.69) is 15.6 Å². The van der Waals surface area contributed by atoms with Crippen LogP contribution in [0, 0.1) is 5.92 Å². The van der Waals surface area contributed by atoms with Crippen molar-refractivity contribution in [2.24, 2.45) is 5.92 Å². The predicted molar refractivity (Wildman–Crippen MR) is 169 cm³/mol. The molecule has 0 bridgehead atoms. The van der Waals surface area contributed by atoms with E-state index in [9.17, 15) is 59.6 Å². The summed E-state index contributed by atoms with van der Waals surface area (Å²) in [4.78, 5) is 51.3. The van der Waals surface area contributed by atoms with E-state index in [4.69, 9.17) is 19.5 Å². The number of nitrogens with two attached hydrogens (primary N) is 1. The van der Waals surface area contributed by atoms with E-state index < -0.39 is 112 Å². The van der Waals surface area contributed by atoms with Crippen molar-refractivity contribution in [2.45, 2.75) is 86.9 Å². The number of phosphoric acid groups is 1. The summed E-state index contributed by atoms with van der Waals surface area (Å²) in [5.74, 6) is -6.91. The van der Waals surface area contributed by atoms with Gasteiger partial charge in [0, 0.05) is 25.1 Å². The van der Waals surface area contributed by atoms with Crippen molar-refractivity contribution < 1.29 is 68.6 Å². The Kier molecular flexibility index (Phi) is 12.9. The number of amides is 1. The molecule has 20 nitrogen and oxygen atoms in total. The number of aliphatic hydroxyl groups is 6. The molecular weight excluding hydrogens is 689 g/mol. The molecule has 50 heavy (non-hydrogen) atoms. The number of phosphoric ester groups is 1. The second kappa shape index (κ2) is 16.3. The van der Waals surface area contributed by atoms with Gasteiger partial charge in [0.05, 0.1) is 43.4 Å². The van der Waals surface area contributed by atoms with Crippen LogP contribution in [0.1, 0.15) is 31.4 Å². The normalized spacial score (nSPS) is 31.3. The molecule has 2 aromatic rings. The number of aliphatic hydroxyl groups excluding tert-OH is 6. The van der Waals surface area contributed by atoms with Crippen molar-refractivity contribution in [3.05, 3.63) is 58.6 Å². The molecule has 3 unspecified atom stereocenters. The number of benzene rings is 1. The Morgan fingerprint density at radius 2 is 1.84 bits per heavy atom. The van der Waals surface area contributed by atoms with Gasteiger partial charge in [-0.05, 0) is 25.0 Å². The fourth-order valence-electron chi connectivity index (χ4n) is 5.99. The third kappa shape index (κ3) is 9.49. The number of carboxylic acid groups (broad SMARTS) is 1. The summed E-state index contributed by atoms with van der Waals surface area (Å²) in [5, 5.41) is 78.8. The zero-order valence-corrected chi connectivity index (χ0v) is 27.6. The van der Waals surface area contributed by atoms with Crippen LogP contribution in [0.15, 0.2) is 47.4 Å². The standard InChI is InChI=1S/C29H42N5O15P/c1-14(35)32-22-18(36)11-29(27(42)43,48-26(22)25(41)19(37)12-31-21(38)9-15-5-3-2-4-6-15)49-50(45,46)47-13-16-10-17(24(40)23(16)39)34-8-7-20(30)33-28(34)44/h2-8,14,16-19,22-26,32,35-37,39-41H,9-13H2,1H3,(H,31,38)(H,42,43)(H,45,46)(H2,30,33,44)/t14?,16-,17-,18+,19-,22-,23-,24+,25-,26?,29-/m1/s1. The monoisotopic (exact) mass is 731 g/mol. The number of ether oxygens (including phenoxy) is 1. The van der Waals surface area contributed by atoms with Gasteiger partial charge in [-0.15, -0.1) is 0 Å². The first-order valence-electron chi connectivity index (χ1n) is 15.5. The molecule has 0 radical (unpaired) electrons. The maximum atomic E-state index is 13.1. The number of hydrogen-bond donors (Lipinski definition) is 11. The second-order valence-corrected chi connectivity index (χ2v) is 13.6. The molecule has 2 fully saturated rings. The highest BCUT2D eigenvalue weighted by molar-refractivity contribution is 7.47. The van der Waals surface area contributed by atoms with Crippen LogP contribution in [0.4, 0.5) is 5.82 Å². The van der Waals surface area contributed by atoms with Gasteiger partial charge < -0.3 is 56.4 Å². The average molecular weight is 732 g/mol. The summed E-state index contributed by atoms with van der Waals surface area (Å²) in [7, 11) is -5.48. The lowest BCUT2D eigenvalue weighted by Crippen LogP contribution is -2.68. The van der Waals surface area contributed by atoms with E-state index in [0.29, 0.717) is 5.56 Å². The van der Waals surface area contributed by atoms with E-state index in [1.54, 1.807) is 30.3 Å². The van der Waals surface area contributed by atoms with E-state index >= 15 is 0 Å². The number of rotatable bonds is 15. The Morgan fingerprint density at radius 3 is 2.46 bits per heavy atom. The molecule has 1 amide bonds. The van der Waals surface area contributed by atoms with Gasteiger partial charge in [0.15, 0.2) is 0 Å². The Balaban J connectivity index is 1.46. The predicted octanol–water partition coefficient (Wildman–Crippen LogP) is -3.45. The summed E-state index contributed by atoms with van der Waals surface area (Å²) in [6.45, 7) is -0.125. The molecule has 1 saturated carbocycles. The SMILES string of the molecule is CC(O)N[C@H]1C([C@H](O)[C@H](O)CNC(=O)Cc2ccccc2)O[C@](OP(=O)(O)OC[C@H]2C[C@@H](n3ccc(N)nc3=O)[C@H](O)[C@@H]2O)(C(=O)O)C[C@@H]1O. The van der Waals surface area contributed by atoms with Crippen LogP contribution in [0.25, 0.3) is 0 Å². The quantitative estimate of drug-likeness (QED) is 0.0626. The number of nitrogens with zero attached hydrogens (tertiary/aromatic N) is 2. The summed E-state index contributed by atoms with van der Waals surface area (Å²) in [6, 6.07) is 7.37. The number of hydrogen-bond acceptors (Lipinski definition) is 16.